The van der Waals surface area contributed by atoms with Gasteiger partial charge in [0.05, 0.1) is 5.69 Å². The quantitative estimate of drug-likeness (QED) is 0.538. The van der Waals surface area contributed by atoms with E-state index in [1.54, 1.807) is 0 Å². The second-order valence-electron chi connectivity index (χ2n) is 6.66. The molecule has 0 fully saturated rings. The van der Waals surface area contributed by atoms with Crippen LogP contribution in [0.5, 0.6) is 5.75 Å². The van der Waals surface area contributed by atoms with Crippen molar-refractivity contribution in [3.05, 3.63) is 71.8 Å². The zero-order valence-corrected chi connectivity index (χ0v) is 16.3. The number of aromatic nitrogens is 3. The molecule has 2 aromatic carbocycles. The van der Waals surface area contributed by atoms with E-state index in [9.17, 15) is 9.59 Å². The summed E-state index contributed by atoms with van der Waals surface area (Å²) >= 11 is 0. The molecule has 2 N–H and O–H groups in total. The average molecular weight is 393 g/mol. The summed E-state index contributed by atoms with van der Waals surface area (Å²) in [7, 11) is 3.80. The van der Waals surface area contributed by atoms with Gasteiger partial charge in [-0.05, 0) is 17.7 Å². The van der Waals surface area contributed by atoms with Crippen LogP contribution in [0.15, 0.2) is 54.6 Å². The Hall–Kier alpha value is -3.68. The second kappa shape index (κ2) is 9.50. The molecule has 0 saturated heterocycles. The topological polar surface area (TPSA) is 100 Å². The number of amides is 1. The summed E-state index contributed by atoms with van der Waals surface area (Å²) in [4.78, 5) is 29.9. The van der Waals surface area contributed by atoms with Gasteiger partial charge in [-0.3, -0.25) is 9.89 Å². The number of nitrogens with one attached hydrogen (secondary N) is 2. The van der Waals surface area contributed by atoms with Crippen LogP contribution in [-0.2, 0) is 11.2 Å². The highest BCUT2D eigenvalue weighted by Gasteiger charge is 2.18. The number of ether oxygens (including phenoxy) is 1. The molecular weight excluding hydrogens is 370 g/mol. The molecule has 0 spiro atoms. The predicted molar refractivity (Wildman–Crippen MR) is 109 cm³/mol. The number of nitrogens with zero attached hydrogens (tertiary/aromatic N) is 3. The molecular formula is C21H23N5O3. The van der Waals surface area contributed by atoms with Crippen LogP contribution in [0.25, 0.3) is 0 Å². The van der Waals surface area contributed by atoms with Crippen molar-refractivity contribution >= 4 is 17.9 Å². The number of carbonyl (C=O) groups is 2. The lowest BCUT2D eigenvalue weighted by Crippen LogP contribution is -2.40. The van der Waals surface area contributed by atoms with Gasteiger partial charge < -0.3 is 19.7 Å². The first-order valence-electron chi connectivity index (χ1n) is 9.17. The second-order valence-corrected chi connectivity index (χ2v) is 6.66. The molecule has 1 atom stereocenters. The summed E-state index contributed by atoms with van der Waals surface area (Å²) in [6.45, 7) is 0.00138. The summed E-state index contributed by atoms with van der Waals surface area (Å²) in [5.74, 6) is 0.639. The van der Waals surface area contributed by atoms with Crippen molar-refractivity contribution in [3.8, 4) is 5.75 Å². The number of anilines is 1. The molecule has 8 heteroatoms. The van der Waals surface area contributed by atoms with Crippen molar-refractivity contribution in [1.82, 2.24) is 20.5 Å². The minimum Gasteiger partial charge on any atom is -0.489 e. The number of aldehydes is 1. The van der Waals surface area contributed by atoms with E-state index in [1.165, 1.54) is 0 Å². The number of H-pyrrole nitrogens is 1. The number of benzene rings is 2. The molecule has 0 aliphatic heterocycles. The Bertz CT molecular complexity index is 956. The normalized spacial score (nSPS) is 11.5. The first kappa shape index (κ1) is 20.1. The van der Waals surface area contributed by atoms with E-state index in [2.05, 4.69) is 20.5 Å². The molecule has 3 aromatic rings. The van der Waals surface area contributed by atoms with Crippen molar-refractivity contribution < 1.29 is 14.3 Å². The first-order chi connectivity index (χ1) is 14.1. The van der Waals surface area contributed by atoms with E-state index >= 15 is 0 Å². The van der Waals surface area contributed by atoms with Gasteiger partial charge >= 0.3 is 0 Å². The predicted octanol–water partition coefficient (Wildman–Crippen LogP) is 1.84. The van der Waals surface area contributed by atoms with Gasteiger partial charge in [-0.25, -0.2) is 4.98 Å². The van der Waals surface area contributed by atoms with E-state index in [-0.39, 0.29) is 12.4 Å². The van der Waals surface area contributed by atoms with Gasteiger partial charge in [-0.2, -0.15) is 0 Å². The standard InChI is InChI=1S/C21H23N5O3/c1-26(2)17-10-6-7-11-18(17)29-14-16(13-27)22-21(28)20-23-19(24-25-20)12-15-8-4-3-5-9-15/h3-11,13,16H,12,14H2,1-2H3,(H,22,28)(H,23,24,25)/t16-/m1/s1. The van der Waals surface area contributed by atoms with Crippen LogP contribution >= 0.6 is 0 Å². The van der Waals surface area contributed by atoms with Crippen LogP contribution in [-0.4, -0.2) is 54.1 Å². The molecule has 1 amide bonds. The maximum Gasteiger partial charge on any atom is 0.291 e. The highest BCUT2D eigenvalue weighted by atomic mass is 16.5. The molecule has 29 heavy (non-hydrogen) atoms. The van der Waals surface area contributed by atoms with E-state index in [1.807, 2.05) is 73.6 Å². The lowest BCUT2D eigenvalue weighted by atomic mass is 10.1. The molecule has 150 valence electrons. The summed E-state index contributed by atoms with van der Waals surface area (Å²) in [6.07, 6.45) is 1.16. The number of para-hydroxylation sites is 2. The molecule has 0 bridgehead atoms. The Morgan fingerprint density at radius 3 is 2.62 bits per heavy atom. The molecule has 0 unspecified atom stereocenters. The third-order valence-corrected chi connectivity index (χ3v) is 4.20. The summed E-state index contributed by atoms with van der Waals surface area (Å²) in [5.41, 5.74) is 1.93. The van der Waals surface area contributed by atoms with Crippen molar-refractivity contribution in [3.63, 3.8) is 0 Å². The van der Waals surface area contributed by atoms with Gasteiger partial charge in [0.1, 0.15) is 30.5 Å². The van der Waals surface area contributed by atoms with Crippen molar-refractivity contribution in [2.24, 2.45) is 0 Å². The van der Waals surface area contributed by atoms with Gasteiger partial charge in [0.25, 0.3) is 5.91 Å². The summed E-state index contributed by atoms with van der Waals surface area (Å²) in [6, 6.07) is 16.4. The fourth-order valence-corrected chi connectivity index (χ4v) is 2.74. The number of carbonyl (C=O) groups excluding carboxylic acids is 2. The van der Waals surface area contributed by atoms with E-state index in [0.717, 1.165) is 11.3 Å². The van der Waals surface area contributed by atoms with Gasteiger partial charge in [0, 0.05) is 20.5 Å². The highest BCUT2D eigenvalue weighted by molar-refractivity contribution is 5.92. The minimum absolute atomic E-state index is 0.00138. The molecule has 0 saturated carbocycles. The Balaban J connectivity index is 1.58. The SMILES string of the molecule is CN(C)c1ccccc1OC[C@@H](C=O)NC(=O)c1n[nH]c(Cc2ccccc2)n1. The highest BCUT2D eigenvalue weighted by Crippen LogP contribution is 2.25. The molecule has 0 radical (unpaired) electrons. The van der Waals surface area contributed by atoms with E-state index in [0.29, 0.717) is 24.3 Å². The van der Waals surface area contributed by atoms with E-state index < -0.39 is 11.9 Å². The van der Waals surface area contributed by atoms with Gasteiger partial charge in [-0.1, -0.05) is 42.5 Å². The lowest BCUT2D eigenvalue weighted by Gasteiger charge is -2.19. The van der Waals surface area contributed by atoms with Crippen molar-refractivity contribution in [2.45, 2.75) is 12.5 Å². The molecule has 1 heterocycles. The maximum atomic E-state index is 12.4. The van der Waals surface area contributed by atoms with Crippen LogP contribution in [0.2, 0.25) is 0 Å². The molecule has 8 nitrogen and oxygen atoms in total. The Morgan fingerprint density at radius 2 is 1.90 bits per heavy atom. The Kier molecular flexibility index (Phi) is 6.57. The lowest BCUT2D eigenvalue weighted by molar-refractivity contribution is -0.110. The fourth-order valence-electron chi connectivity index (χ4n) is 2.74. The van der Waals surface area contributed by atoms with Gasteiger partial charge in [0.15, 0.2) is 0 Å². The largest absolute Gasteiger partial charge is 0.489 e. The van der Waals surface area contributed by atoms with Gasteiger partial charge in [-0.15, -0.1) is 5.10 Å². The molecule has 0 aliphatic carbocycles. The third-order valence-electron chi connectivity index (χ3n) is 4.20. The third kappa shape index (κ3) is 5.41. The molecule has 3 rings (SSSR count). The monoisotopic (exact) mass is 393 g/mol. The zero-order chi connectivity index (χ0) is 20.6. The number of rotatable bonds is 9. The first-order valence-corrected chi connectivity index (χ1v) is 9.17. The van der Waals surface area contributed by atoms with Crippen LogP contribution in [0.3, 0.4) is 0 Å². The van der Waals surface area contributed by atoms with Crippen LogP contribution in [0.4, 0.5) is 5.69 Å². The van der Waals surface area contributed by atoms with Crippen LogP contribution in [0.1, 0.15) is 22.0 Å². The number of aromatic amines is 1. The zero-order valence-electron chi connectivity index (χ0n) is 16.3. The Labute approximate surface area is 168 Å². The maximum absolute atomic E-state index is 12.4. The van der Waals surface area contributed by atoms with Crippen molar-refractivity contribution in [1.29, 1.82) is 0 Å². The van der Waals surface area contributed by atoms with Crippen molar-refractivity contribution in [2.75, 3.05) is 25.6 Å². The molecule has 1 aromatic heterocycles. The average Bonchev–Trinajstić information content (AvgIpc) is 3.20. The van der Waals surface area contributed by atoms with E-state index in [4.69, 9.17) is 4.74 Å². The smallest absolute Gasteiger partial charge is 0.291 e. The molecule has 0 aliphatic rings. The van der Waals surface area contributed by atoms with Crippen LogP contribution < -0.4 is 15.0 Å². The summed E-state index contributed by atoms with van der Waals surface area (Å²) in [5, 5.41) is 9.29. The fraction of sp³-hybridized carbons (Fsp3) is 0.238. The summed E-state index contributed by atoms with van der Waals surface area (Å²) < 4.78 is 5.74. The minimum atomic E-state index is -0.825. The number of hydrogen-bond acceptors (Lipinski definition) is 6. The van der Waals surface area contributed by atoms with Gasteiger partial charge in [0.2, 0.25) is 5.82 Å². The Morgan fingerprint density at radius 1 is 1.17 bits per heavy atom. The number of hydrogen-bond donors (Lipinski definition) is 2. The van der Waals surface area contributed by atoms with Crippen LogP contribution in [0, 0.1) is 0 Å².